The Morgan fingerprint density at radius 2 is 2.07 bits per heavy atom. The molecule has 0 spiro atoms. The SMILES string of the molecule is CNc1ccc(C=CCC(=O)O)cc1. The quantitative estimate of drug-likeness (QED) is 0.767. The van der Waals surface area contributed by atoms with Crippen LogP contribution in [0.1, 0.15) is 12.0 Å². The number of carboxylic acids is 1. The van der Waals surface area contributed by atoms with Crippen LogP contribution >= 0.6 is 0 Å². The highest BCUT2D eigenvalue weighted by Gasteiger charge is 1.91. The second-order valence-electron chi connectivity index (χ2n) is 2.87. The summed E-state index contributed by atoms with van der Waals surface area (Å²) in [4.78, 5) is 10.2. The maximum atomic E-state index is 10.2. The molecule has 0 saturated heterocycles. The highest BCUT2D eigenvalue weighted by atomic mass is 16.4. The molecule has 0 unspecified atom stereocenters. The van der Waals surface area contributed by atoms with E-state index in [1.165, 1.54) is 0 Å². The van der Waals surface area contributed by atoms with Crippen molar-refractivity contribution in [2.45, 2.75) is 6.42 Å². The van der Waals surface area contributed by atoms with Crippen molar-refractivity contribution in [3.05, 3.63) is 35.9 Å². The van der Waals surface area contributed by atoms with Crippen LogP contribution in [0.5, 0.6) is 0 Å². The molecule has 0 fully saturated rings. The normalized spacial score (nSPS) is 10.4. The van der Waals surface area contributed by atoms with Crippen LogP contribution < -0.4 is 5.32 Å². The average molecular weight is 191 g/mol. The van der Waals surface area contributed by atoms with Gasteiger partial charge in [0.25, 0.3) is 0 Å². The van der Waals surface area contributed by atoms with Crippen LogP contribution in [0.15, 0.2) is 30.3 Å². The molecule has 3 heteroatoms. The van der Waals surface area contributed by atoms with E-state index in [0.29, 0.717) is 0 Å². The highest BCUT2D eigenvalue weighted by Crippen LogP contribution is 2.09. The predicted octanol–water partition coefficient (Wildman–Crippen LogP) is 2.22. The van der Waals surface area contributed by atoms with Gasteiger partial charge in [-0.25, -0.2) is 0 Å². The largest absolute Gasteiger partial charge is 0.481 e. The third-order valence-corrected chi connectivity index (χ3v) is 1.80. The zero-order valence-corrected chi connectivity index (χ0v) is 8.03. The van der Waals surface area contributed by atoms with Crippen molar-refractivity contribution in [3.63, 3.8) is 0 Å². The predicted molar refractivity (Wildman–Crippen MR) is 57.3 cm³/mol. The lowest BCUT2D eigenvalue weighted by atomic mass is 10.2. The minimum atomic E-state index is -0.812. The summed E-state index contributed by atoms with van der Waals surface area (Å²) in [6.07, 6.45) is 3.50. The molecule has 2 N–H and O–H groups in total. The van der Waals surface area contributed by atoms with Crippen molar-refractivity contribution < 1.29 is 9.90 Å². The van der Waals surface area contributed by atoms with Gasteiger partial charge in [-0.15, -0.1) is 0 Å². The van der Waals surface area contributed by atoms with Gasteiger partial charge in [0.05, 0.1) is 6.42 Å². The van der Waals surface area contributed by atoms with Crippen molar-refractivity contribution in [1.82, 2.24) is 0 Å². The van der Waals surface area contributed by atoms with Crippen LogP contribution in [-0.2, 0) is 4.79 Å². The Balaban J connectivity index is 2.59. The number of hydrogen-bond donors (Lipinski definition) is 2. The molecule has 0 aromatic heterocycles. The Kier molecular flexibility index (Phi) is 3.73. The van der Waals surface area contributed by atoms with Crippen molar-refractivity contribution in [1.29, 1.82) is 0 Å². The fourth-order valence-corrected chi connectivity index (χ4v) is 1.06. The lowest BCUT2D eigenvalue weighted by Gasteiger charge is -1.98. The summed E-state index contributed by atoms with van der Waals surface area (Å²) in [5.41, 5.74) is 2.05. The lowest BCUT2D eigenvalue weighted by molar-refractivity contribution is -0.135. The van der Waals surface area contributed by atoms with Crippen LogP contribution in [0.2, 0.25) is 0 Å². The molecule has 0 aliphatic carbocycles. The summed E-state index contributed by atoms with van der Waals surface area (Å²) >= 11 is 0. The first-order valence-corrected chi connectivity index (χ1v) is 4.38. The first-order valence-electron chi connectivity index (χ1n) is 4.38. The van der Waals surface area contributed by atoms with Crippen molar-refractivity contribution >= 4 is 17.7 Å². The maximum absolute atomic E-state index is 10.2. The summed E-state index contributed by atoms with van der Waals surface area (Å²) in [6, 6.07) is 7.76. The zero-order chi connectivity index (χ0) is 10.4. The fraction of sp³-hybridized carbons (Fsp3) is 0.182. The van der Waals surface area contributed by atoms with Crippen molar-refractivity contribution in [3.8, 4) is 0 Å². The third-order valence-electron chi connectivity index (χ3n) is 1.80. The number of carbonyl (C=O) groups is 1. The molecule has 1 aromatic rings. The van der Waals surface area contributed by atoms with Gasteiger partial charge in [0.2, 0.25) is 0 Å². The zero-order valence-electron chi connectivity index (χ0n) is 8.03. The van der Waals surface area contributed by atoms with E-state index < -0.39 is 5.97 Å². The van der Waals surface area contributed by atoms with Crippen LogP contribution in [0.25, 0.3) is 6.08 Å². The van der Waals surface area contributed by atoms with E-state index in [9.17, 15) is 4.79 Å². The molecule has 3 nitrogen and oxygen atoms in total. The minimum Gasteiger partial charge on any atom is -0.481 e. The fourth-order valence-electron chi connectivity index (χ4n) is 1.06. The van der Waals surface area contributed by atoms with Crippen molar-refractivity contribution in [2.24, 2.45) is 0 Å². The summed E-state index contributed by atoms with van der Waals surface area (Å²) in [7, 11) is 1.86. The van der Waals surface area contributed by atoms with Gasteiger partial charge in [-0.2, -0.15) is 0 Å². The number of anilines is 1. The van der Waals surface area contributed by atoms with E-state index in [-0.39, 0.29) is 6.42 Å². The molecule has 0 saturated carbocycles. The molecule has 1 rings (SSSR count). The smallest absolute Gasteiger partial charge is 0.307 e. The summed E-state index contributed by atoms with van der Waals surface area (Å²) in [5, 5.41) is 11.4. The topological polar surface area (TPSA) is 49.3 Å². The number of carboxylic acid groups (broad SMARTS) is 1. The van der Waals surface area contributed by atoms with E-state index in [4.69, 9.17) is 5.11 Å². The highest BCUT2D eigenvalue weighted by molar-refractivity contribution is 5.70. The molecule has 0 amide bonds. The van der Waals surface area contributed by atoms with Gasteiger partial charge in [0, 0.05) is 12.7 Å². The molecule has 14 heavy (non-hydrogen) atoms. The average Bonchev–Trinajstić information content (AvgIpc) is 2.18. The Labute approximate surface area is 83.1 Å². The Morgan fingerprint density at radius 3 is 2.57 bits per heavy atom. The molecule has 0 atom stereocenters. The first kappa shape index (κ1) is 10.3. The lowest BCUT2D eigenvalue weighted by Crippen LogP contribution is -1.89. The third kappa shape index (κ3) is 3.31. The van der Waals surface area contributed by atoms with Gasteiger partial charge in [-0.05, 0) is 17.7 Å². The van der Waals surface area contributed by atoms with Crippen LogP contribution in [0.4, 0.5) is 5.69 Å². The molecule has 0 aliphatic heterocycles. The molecular weight excluding hydrogens is 178 g/mol. The van der Waals surface area contributed by atoms with Crippen LogP contribution in [0, 0.1) is 0 Å². The number of aliphatic carboxylic acids is 1. The van der Waals surface area contributed by atoms with Crippen molar-refractivity contribution in [2.75, 3.05) is 12.4 Å². The van der Waals surface area contributed by atoms with Crippen LogP contribution in [-0.4, -0.2) is 18.1 Å². The maximum Gasteiger partial charge on any atom is 0.307 e. The van der Waals surface area contributed by atoms with E-state index >= 15 is 0 Å². The Bertz CT molecular complexity index is 328. The van der Waals surface area contributed by atoms with E-state index in [1.54, 1.807) is 12.2 Å². The van der Waals surface area contributed by atoms with Gasteiger partial charge in [0.1, 0.15) is 0 Å². The molecule has 0 bridgehead atoms. The van der Waals surface area contributed by atoms with Crippen LogP contribution in [0.3, 0.4) is 0 Å². The van der Waals surface area contributed by atoms with Gasteiger partial charge in [-0.1, -0.05) is 24.3 Å². The number of hydrogen-bond acceptors (Lipinski definition) is 2. The number of benzene rings is 1. The van der Waals surface area contributed by atoms with Gasteiger partial charge < -0.3 is 10.4 Å². The summed E-state index contributed by atoms with van der Waals surface area (Å²) in [5.74, 6) is -0.812. The molecule has 1 aromatic carbocycles. The van der Waals surface area contributed by atoms with E-state index in [0.717, 1.165) is 11.3 Å². The molecule has 0 radical (unpaired) electrons. The molecule has 0 heterocycles. The number of rotatable bonds is 4. The van der Waals surface area contributed by atoms with Gasteiger partial charge in [0.15, 0.2) is 0 Å². The first-order chi connectivity index (χ1) is 6.72. The Morgan fingerprint density at radius 1 is 1.43 bits per heavy atom. The molecule has 74 valence electrons. The second kappa shape index (κ2) is 5.07. The minimum absolute atomic E-state index is 0.0633. The molecule has 0 aliphatic rings. The Hall–Kier alpha value is -1.77. The van der Waals surface area contributed by atoms with Gasteiger partial charge in [-0.3, -0.25) is 4.79 Å². The second-order valence-corrected chi connectivity index (χ2v) is 2.87. The van der Waals surface area contributed by atoms with E-state index in [2.05, 4.69) is 5.32 Å². The van der Waals surface area contributed by atoms with E-state index in [1.807, 2.05) is 31.3 Å². The summed E-state index contributed by atoms with van der Waals surface area (Å²) in [6.45, 7) is 0. The standard InChI is InChI=1S/C11H13NO2/c1-12-10-7-5-9(6-8-10)3-2-4-11(13)14/h2-3,5-8,12H,4H2,1H3,(H,13,14). The van der Waals surface area contributed by atoms with Gasteiger partial charge >= 0.3 is 5.97 Å². The summed E-state index contributed by atoms with van der Waals surface area (Å²) < 4.78 is 0. The molecular formula is C11H13NO2. The number of nitrogens with one attached hydrogen (secondary N) is 1. The monoisotopic (exact) mass is 191 g/mol.